The molecule has 0 spiro atoms. The van der Waals surface area contributed by atoms with Gasteiger partial charge in [0, 0.05) is 18.2 Å². The SMILES string of the molecule is Cc1ccc(O)cc1S(=O)(=O)N(c1ccc(C#N)cc1[N+](=O)[O-])C(C)C. The number of aromatic hydroxyl groups is 1. The average Bonchev–Trinajstić information content (AvgIpc) is 2.56. The van der Waals surface area contributed by atoms with Crippen LogP contribution < -0.4 is 4.31 Å². The molecule has 0 aliphatic heterocycles. The lowest BCUT2D eigenvalue weighted by atomic mass is 10.2. The van der Waals surface area contributed by atoms with Gasteiger partial charge in [0.25, 0.3) is 15.7 Å². The first-order valence-corrected chi connectivity index (χ1v) is 9.06. The monoisotopic (exact) mass is 375 g/mol. The molecule has 0 aromatic heterocycles. The molecule has 26 heavy (non-hydrogen) atoms. The van der Waals surface area contributed by atoms with Crippen molar-refractivity contribution >= 4 is 21.4 Å². The van der Waals surface area contributed by atoms with Crippen LogP contribution in [0, 0.1) is 28.4 Å². The van der Waals surface area contributed by atoms with Crippen LogP contribution in [0.3, 0.4) is 0 Å². The van der Waals surface area contributed by atoms with Crippen molar-refractivity contribution in [2.24, 2.45) is 0 Å². The number of hydrogen-bond donors (Lipinski definition) is 1. The van der Waals surface area contributed by atoms with Crippen LogP contribution >= 0.6 is 0 Å². The fourth-order valence-electron chi connectivity index (χ4n) is 2.58. The predicted molar refractivity (Wildman–Crippen MR) is 95.5 cm³/mol. The first kappa shape index (κ1) is 19.2. The van der Waals surface area contributed by atoms with Crippen molar-refractivity contribution in [2.45, 2.75) is 31.7 Å². The van der Waals surface area contributed by atoms with E-state index in [1.165, 1.54) is 24.3 Å². The van der Waals surface area contributed by atoms with E-state index in [-0.39, 0.29) is 21.9 Å². The zero-order chi connectivity index (χ0) is 19.6. The van der Waals surface area contributed by atoms with Gasteiger partial charge in [-0.2, -0.15) is 5.26 Å². The molecule has 0 bridgehead atoms. The van der Waals surface area contributed by atoms with Gasteiger partial charge in [0.1, 0.15) is 11.4 Å². The number of nitriles is 1. The van der Waals surface area contributed by atoms with Gasteiger partial charge in [-0.05, 0) is 44.5 Å². The summed E-state index contributed by atoms with van der Waals surface area (Å²) >= 11 is 0. The van der Waals surface area contributed by atoms with Crippen molar-refractivity contribution in [3.8, 4) is 11.8 Å². The number of phenolic OH excluding ortho intramolecular Hbond substituents is 1. The molecule has 0 aliphatic carbocycles. The minimum atomic E-state index is -4.20. The first-order valence-electron chi connectivity index (χ1n) is 7.62. The summed E-state index contributed by atoms with van der Waals surface area (Å²) in [5.74, 6) is -0.229. The van der Waals surface area contributed by atoms with Crippen molar-refractivity contribution < 1.29 is 18.4 Å². The third kappa shape index (κ3) is 3.45. The van der Waals surface area contributed by atoms with E-state index >= 15 is 0 Å². The topological polar surface area (TPSA) is 125 Å². The molecular weight excluding hydrogens is 358 g/mol. The Kier molecular flexibility index (Phi) is 5.18. The van der Waals surface area contributed by atoms with Crippen LogP contribution in [0.2, 0.25) is 0 Å². The van der Waals surface area contributed by atoms with E-state index in [9.17, 15) is 23.6 Å². The van der Waals surface area contributed by atoms with Gasteiger partial charge < -0.3 is 5.11 Å². The van der Waals surface area contributed by atoms with Crippen LogP contribution in [0.4, 0.5) is 11.4 Å². The summed E-state index contributed by atoms with van der Waals surface area (Å²) in [5, 5.41) is 30.1. The maximum atomic E-state index is 13.2. The van der Waals surface area contributed by atoms with Gasteiger partial charge in [-0.1, -0.05) is 6.07 Å². The number of nitro groups is 1. The Morgan fingerprint density at radius 2 is 1.88 bits per heavy atom. The number of hydrogen-bond acceptors (Lipinski definition) is 6. The average molecular weight is 375 g/mol. The third-order valence-electron chi connectivity index (χ3n) is 3.72. The second-order valence-corrected chi connectivity index (χ2v) is 7.70. The minimum absolute atomic E-state index is 0.0510. The van der Waals surface area contributed by atoms with E-state index in [0.717, 1.165) is 16.4 Å². The molecule has 9 heteroatoms. The molecule has 0 radical (unpaired) electrons. The second-order valence-electron chi connectivity index (χ2n) is 5.92. The van der Waals surface area contributed by atoms with Crippen LogP contribution in [0.1, 0.15) is 25.0 Å². The zero-order valence-electron chi connectivity index (χ0n) is 14.4. The second kappa shape index (κ2) is 7.01. The summed E-state index contributed by atoms with van der Waals surface area (Å²) in [7, 11) is -4.20. The highest BCUT2D eigenvalue weighted by Gasteiger charge is 2.33. The molecule has 2 rings (SSSR count). The lowest BCUT2D eigenvalue weighted by molar-refractivity contribution is -0.384. The standard InChI is InChI=1S/C17H17N3O5S/c1-11(2)19(15-7-5-13(10-18)8-16(15)20(22)23)26(24,25)17-9-14(21)6-4-12(17)3/h4-9,11,21H,1-3H3. The van der Waals surface area contributed by atoms with E-state index in [1.807, 2.05) is 0 Å². The summed E-state index contributed by atoms with van der Waals surface area (Å²) in [5.41, 5.74) is -0.189. The molecule has 0 amide bonds. The molecule has 0 heterocycles. The van der Waals surface area contributed by atoms with Crippen LogP contribution in [0.5, 0.6) is 5.75 Å². The highest BCUT2D eigenvalue weighted by Crippen LogP contribution is 2.36. The van der Waals surface area contributed by atoms with E-state index in [2.05, 4.69) is 0 Å². The number of anilines is 1. The Hall–Kier alpha value is -3.12. The van der Waals surface area contributed by atoms with Crippen LogP contribution in [0.25, 0.3) is 0 Å². The predicted octanol–water partition coefficient (Wildman–Crippen LogP) is 3.08. The smallest absolute Gasteiger partial charge is 0.294 e. The molecule has 1 N–H and O–H groups in total. The summed E-state index contributed by atoms with van der Waals surface area (Å²) in [6.45, 7) is 4.73. The first-order chi connectivity index (χ1) is 12.1. The minimum Gasteiger partial charge on any atom is -0.508 e. The zero-order valence-corrected chi connectivity index (χ0v) is 15.2. The van der Waals surface area contributed by atoms with E-state index in [0.29, 0.717) is 5.56 Å². The molecule has 0 fully saturated rings. The molecule has 2 aromatic rings. The van der Waals surface area contributed by atoms with E-state index < -0.39 is 26.7 Å². The number of rotatable bonds is 5. The van der Waals surface area contributed by atoms with Gasteiger partial charge >= 0.3 is 0 Å². The highest BCUT2D eigenvalue weighted by atomic mass is 32.2. The van der Waals surface area contributed by atoms with Crippen molar-refractivity contribution in [3.05, 3.63) is 57.6 Å². The maximum Gasteiger partial charge on any atom is 0.294 e. The van der Waals surface area contributed by atoms with Crippen molar-refractivity contribution in [1.82, 2.24) is 0 Å². The largest absolute Gasteiger partial charge is 0.508 e. The van der Waals surface area contributed by atoms with Crippen molar-refractivity contribution in [1.29, 1.82) is 5.26 Å². The summed E-state index contributed by atoms with van der Waals surface area (Å²) in [6, 6.07) is 8.67. The van der Waals surface area contributed by atoms with Gasteiger partial charge in [0.2, 0.25) is 0 Å². The Bertz CT molecular complexity index is 1010. The molecule has 0 saturated carbocycles. The van der Waals surface area contributed by atoms with Gasteiger partial charge in [0.05, 0.1) is 21.5 Å². The number of phenols is 1. The van der Waals surface area contributed by atoms with Crippen LogP contribution in [-0.2, 0) is 10.0 Å². The van der Waals surface area contributed by atoms with Gasteiger partial charge in [-0.3, -0.25) is 14.4 Å². The van der Waals surface area contributed by atoms with Crippen molar-refractivity contribution in [2.75, 3.05) is 4.31 Å². The van der Waals surface area contributed by atoms with Gasteiger partial charge in [0.15, 0.2) is 0 Å². The Morgan fingerprint density at radius 1 is 1.23 bits per heavy atom. The van der Waals surface area contributed by atoms with Crippen LogP contribution in [-0.4, -0.2) is 24.5 Å². The summed E-state index contributed by atoms with van der Waals surface area (Å²) < 4.78 is 27.3. The highest BCUT2D eigenvalue weighted by molar-refractivity contribution is 7.93. The molecule has 2 aromatic carbocycles. The lowest BCUT2D eigenvalue weighted by Gasteiger charge is -2.28. The number of benzene rings is 2. The fourth-order valence-corrected chi connectivity index (χ4v) is 4.51. The molecule has 0 aliphatic rings. The normalized spacial score (nSPS) is 11.2. The van der Waals surface area contributed by atoms with E-state index in [1.54, 1.807) is 26.8 Å². The maximum absolute atomic E-state index is 13.2. The van der Waals surface area contributed by atoms with Gasteiger partial charge in [-0.25, -0.2) is 8.42 Å². The summed E-state index contributed by atoms with van der Waals surface area (Å²) in [4.78, 5) is 10.6. The van der Waals surface area contributed by atoms with Crippen molar-refractivity contribution in [3.63, 3.8) is 0 Å². The lowest BCUT2D eigenvalue weighted by Crippen LogP contribution is -2.37. The Balaban J connectivity index is 2.77. The van der Waals surface area contributed by atoms with E-state index in [4.69, 9.17) is 5.26 Å². The molecule has 136 valence electrons. The number of aryl methyl sites for hydroxylation is 1. The molecular formula is C17H17N3O5S. The Labute approximate surface area is 151 Å². The number of sulfonamides is 1. The molecule has 0 atom stereocenters. The quantitative estimate of drug-likeness (QED) is 0.632. The number of nitro benzene ring substituents is 1. The number of nitrogens with zero attached hydrogens (tertiary/aromatic N) is 3. The van der Waals surface area contributed by atoms with Crippen LogP contribution in [0.15, 0.2) is 41.3 Å². The van der Waals surface area contributed by atoms with Gasteiger partial charge in [-0.15, -0.1) is 0 Å². The summed E-state index contributed by atoms with van der Waals surface area (Å²) in [6.07, 6.45) is 0. The third-order valence-corrected chi connectivity index (χ3v) is 5.85. The molecule has 0 saturated heterocycles. The molecule has 0 unspecified atom stereocenters. The molecule has 8 nitrogen and oxygen atoms in total. The fraction of sp³-hybridized carbons (Fsp3) is 0.235. The Morgan fingerprint density at radius 3 is 2.42 bits per heavy atom.